The van der Waals surface area contributed by atoms with Crippen LogP contribution in [0.15, 0.2) is 11.4 Å². The Bertz CT molecular complexity index is 453. The van der Waals surface area contributed by atoms with Gasteiger partial charge in [-0.2, -0.15) is 0 Å². The summed E-state index contributed by atoms with van der Waals surface area (Å²) in [6.07, 6.45) is 1.07. The number of rotatable bonds is 5. The molecule has 0 amide bonds. The van der Waals surface area contributed by atoms with Crippen molar-refractivity contribution in [3.63, 3.8) is 0 Å². The maximum atomic E-state index is 6.26. The Labute approximate surface area is 126 Å². The van der Waals surface area contributed by atoms with Crippen molar-refractivity contribution in [3.05, 3.63) is 16.3 Å². The summed E-state index contributed by atoms with van der Waals surface area (Å²) in [5, 5.41) is 5.72. The number of thiophene rings is 1. The molecule has 1 saturated heterocycles. The molecule has 2 rings (SSSR count). The van der Waals surface area contributed by atoms with E-state index in [-0.39, 0.29) is 11.2 Å². The van der Waals surface area contributed by atoms with E-state index in [4.69, 9.17) is 9.47 Å². The van der Waals surface area contributed by atoms with Gasteiger partial charge >= 0.3 is 0 Å². The highest BCUT2D eigenvalue weighted by Gasteiger charge is 2.49. The fraction of sp³-hybridized carbons (Fsp3) is 0.750. The van der Waals surface area contributed by atoms with Crippen LogP contribution in [0.5, 0.6) is 5.75 Å². The lowest BCUT2D eigenvalue weighted by molar-refractivity contribution is -0.0777. The van der Waals surface area contributed by atoms with E-state index in [0.29, 0.717) is 12.0 Å². The van der Waals surface area contributed by atoms with Crippen molar-refractivity contribution in [2.24, 2.45) is 5.92 Å². The monoisotopic (exact) mass is 297 g/mol. The Morgan fingerprint density at radius 2 is 2.15 bits per heavy atom. The van der Waals surface area contributed by atoms with E-state index in [9.17, 15) is 0 Å². The third-order valence-electron chi connectivity index (χ3n) is 4.11. The molecule has 114 valence electrons. The molecule has 1 fully saturated rings. The largest absolute Gasteiger partial charge is 0.496 e. The zero-order valence-corrected chi connectivity index (χ0v) is 14.3. The van der Waals surface area contributed by atoms with E-state index >= 15 is 0 Å². The van der Waals surface area contributed by atoms with E-state index in [1.54, 1.807) is 18.4 Å². The Hall–Kier alpha value is -0.580. The van der Waals surface area contributed by atoms with Crippen LogP contribution in [-0.2, 0) is 4.74 Å². The molecule has 0 radical (unpaired) electrons. The molecule has 0 saturated carbocycles. The second-order valence-electron chi connectivity index (χ2n) is 6.70. The SMILES string of the molecule is CCNC(c1cc(OC)cs1)C1CC(C)(C)OC1(C)C. The van der Waals surface area contributed by atoms with Crippen molar-refractivity contribution in [2.75, 3.05) is 13.7 Å². The predicted molar refractivity (Wildman–Crippen MR) is 84.6 cm³/mol. The molecule has 0 aromatic carbocycles. The predicted octanol–water partition coefficient (Wildman–Crippen LogP) is 4.00. The normalized spacial score (nSPS) is 25.6. The smallest absolute Gasteiger partial charge is 0.129 e. The Kier molecular flexibility index (Phi) is 4.47. The van der Waals surface area contributed by atoms with Crippen LogP contribution < -0.4 is 10.1 Å². The van der Waals surface area contributed by atoms with Crippen LogP contribution in [0.1, 0.15) is 52.0 Å². The third kappa shape index (κ3) is 3.18. The summed E-state index contributed by atoms with van der Waals surface area (Å²) in [6.45, 7) is 11.9. The molecule has 1 aromatic heterocycles. The lowest BCUT2D eigenvalue weighted by atomic mass is 9.81. The number of nitrogens with one attached hydrogen (secondary N) is 1. The summed E-state index contributed by atoms with van der Waals surface area (Å²) >= 11 is 1.77. The highest BCUT2D eigenvalue weighted by molar-refractivity contribution is 7.10. The highest BCUT2D eigenvalue weighted by Crippen LogP contribution is 2.48. The average molecular weight is 297 g/mol. The molecule has 0 spiro atoms. The van der Waals surface area contributed by atoms with E-state index in [1.165, 1.54) is 4.88 Å². The zero-order valence-electron chi connectivity index (χ0n) is 13.4. The third-order valence-corrected chi connectivity index (χ3v) is 5.10. The van der Waals surface area contributed by atoms with Crippen molar-refractivity contribution in [1.82, 2.24) is 5.32 Å². The number of ether oxygens (including phenoxy) is 2. The van der Waals surface area contributed by atoms with Gasteiger partial charge in [-0.25, -0.2) is 0 Å². The van der Waals surface area contributed by atoms with Crippen molar-refractivity contribution in [2.45, 2.75) is 58.3 Å². The first kappa shape index (κ1) is 15.8. The minimum absolute atomic E-state index is 0.0524. The molecule has 1 aromatic rings. The van der Waals surface area contributed by atoms with E-state index in [1.807, 2.05) is 0 Å². The van der Waals surface area contributed by atoms with Gasteiger partial charge in [0.05, 0.1) is 18.3 Å². The molecular formula is C16H27NO2S. The lowest BCUT2D eigenvalue weighted by Gasteiger charge is -2.33. The summed E-state index contributed by atoms with van der Waals surface area (Å²) in [5.74, 6) is 1.41. The van der Waals surface area contributed by atoms with Gasteiger partial charge in [-0.3, -0.25) is 0 Å². The molecule has 20 heavy (non-hydrogen) atoms. The molecular weight excluding hydrogens is 270 g/mol. The average Bonchev–Trinajstić information content (AvgIpc) is 2.88. The van der Waals surface area contributed by atoms with E-state index in [0.717, 1.165) is 18.7 Å². The van der Waals surface area contributed by atoms with Crippen molar-refractivity contribution in [3.8, 4) is 5.75 Å². The molecule has 2 heterocycles. The standard InChI is InChI=1S/C16H27NO2S/c1-7-17-14(13-8-11(18-6)10-20-13)12-9-15(2,3)19-16(12,4)5/h8,10,12,14,17H,7,9H2,1-6H3. The first-order valence-electron chi connectivity index (χ1n) is 7.35. The van der Waals surface area contributed by atoms with Crippen molar-refractivity contribution >= 4 is 11.3 Å². The summed E-state index contributed by atoms with van der Waals surface area (Å²) < 4.78 is 11.6. The van der Waals surface area contributed by atoms with Gasteiger partial charge in [0, 0.05) is 22.2 Å². The summed E-state index contributed by atoms with van der Waals surface area (Å²) in [7, 11) is 1.72. The number of hydrogen-bond acceptors (Lipinski definition) is 4. The molecule has 4 heteroatoms. The van der Waals surface area contributed by atoms with Gasteiger partial charge in [0.15, 0.2) is 0 Å². The summed E-state index contributed by atoms with van der Waals surface area (Å²) in [5.41, 5.74) is -0.170. The van der Waals surface area contributed by atoms with Gasteiger partial charge in [0.25, 0.3) is 0 Å². The van der Waals surface area contributed by atoms with Crippen molar-refractivity contribution in [1.29, 1.82) is 0 Å². The van der Waals surface area contributed by atoms with Gasteiger partial charge in [0.1, 0.15) is 5.75 Å². The Morgan fingerprint density at radius 1 is 1.45 bits per heavy atom. The minimum Gasteiger partial charge on any atom is -0.496 e. The minimum atomic E-state index is -0.117. The quantitative estimate of drug-likeness (QED) is 0.891. The molecule has 1 aliphatic rings. The van der Waals surface area contributed by atoms with Crippen LogP contribution in [-0.4, -0.2) is 24.9 Å². The molecule has 0 aliphatic carbocycles. The Morgan fingerprint density at radius 3 is 2.60 bits per heavy atom. The van der Waals surface area contributed by atoms with Gasteiger partial charge in [-0.15, -0.1) is 11.3 Å². The fourth-order valence-electron chi connectivity index (χ4n) is 3.39. The van der Waals surface area contributed by atoms with E-state index in [2.05, 4.69) is 51.4 Å². The number of methoxy groups -OCH3 is 1. The Balaban J connectivity index is 2.28. The van der Waals surface area contributed by atoms with Crippen molar-refractivity contribution < 1.29 is 9.47 Å². The van der Waals surface area contributed by atoms with Gasteiger partial charge in [-0.05, 0) is 46.7 Å². The summed E-state index contributed by atoms with van der Waals surface area (Å²) in [4.78, 5) is 1.34. The van der Waals surface area contributed by atoms with Gasteiger partial charge in [-0.1, -0.05) is 6.92 Å². The first-order chi connectivity index (χ1) is 9.29. The van der Waals surface area contributed by atoms with Crippen LogP contribution in [0.25, 0.3) is 0 Å². The molecule has 2 atom stereocenters. The summed E-state index contributed by atoms with van der Waals surface area (Å²) in [6, 6.07) is 2.48. The second-order valence-corrected chi connectivity index (χ2v) is 7.64. The number of hydrogen-bond donors (Lipinski definition) is 1. The van der Waals surface area contributed by atoms with Crippen LogP contribution in [0.2, 0.25) is 0 Å². The van der Waals surface area contributed by atoms with Gasteiger partial charge in [0.2, 0.25) is 0 Å². The molecule has 1 N–H and O–H groups in total. The highest BCUT2D eigenvalue weighted by atomic mass is 32.1. The van der Waals surface area contributed by atoms with Crippen LogP contribution in [0.4, 0.5) is 0 Å². The molecule has 2 unspecified atom stereocenters. The fourth-order valence-corrected chi connectivity index (χ4v) is 4.38. The molecule has 3 nitrogen and oxygen atoms in total. The van der Waals surface area contributed by atoms with E-state index < -0.39 is 0 Å². The molecule has 0 bridgehead atoms. The van der Waals surface area contributed by atoms with Crippen LogP contribution in [0.3, 0.4) is 0 Å². The second kappa shape index (κ2) is 5.66. The molecule has 1 aliphatic heterocycles. The maximum absolute atomic E-state index is 6.26. The lowest BCUT2D eigenvalue weighted by Crippen LogP contribution is -2.38. The maximum Gasteiger partial charge on any atom is 0.129 e. The zero-order chi connectivity index (χ0) is 15.0. The van der Waals surface area contributed by atoms with Crippen LogP contribution in [0, 0.1) is 5.92 Å². The van der Waals surface area contributed by atoms with Crippen LogP contribution >= 0.6 is 11.3 Å². The topological polar surface area (TPSA) is 30.5 Å². The van der Waals surface area contributed by atoms with Gasteiger partial charge < -0.3 is 14.8 Å². The first-order valence-corrected chi connectivity index (χ1v) is 8.23.